The van der Waals surface area contributed by atoms with Crippen molar-refractivity contribution in [1.82, 2.24) is 5.43 Å². The van der Waals surface area contributed by atoms with Gasteiger partial charge in [-0.15, -0.1) is 0 Å². The van der Waals surface area contributed by atoms with Crippen LogP contribution in [0.3, 0.4) is 0 Å². The number of carbonyl (C=O) groups excluding carboxylic acids is 1. The van der Waals surface area contributed by atoms with Crippen molar-refractivity contribution in [2.24, 2.45) is 5.10 Å². The fraction of sp³-hybridized carbons (Fsp3) is 0.118. The van der Waals surface area contributed by atoms with E-state index in [1.165, 1.54) is 36.4 Å². The van der Waals surface area contributed by atoms with Gasteiger partial charge in [0, 0.05) is 5.56 Å². The highest BCUT2D eigenvalue weighted by molar-refractivity contribution is 7.92. The third-order valence-electron chi connectivity index (χ3n) is 3.39. The van der Waals surface area contributed by atoms with E-state index in [9.17, 15) is 22.4 Å². The number of carbonyl (C=O) groups is 2. The summed E-state index contributed by atoms with van der Waals surface area (Å²) >= 11 is 0. The Morgan fingerprint density at radius 1 is 1.19 bits per heavy atom. The number of sulfonamides is 1. The van der Waals surface area contributed by atoms with Crippen LogP contribution < -0.4 is 9.73 Å². The molecule has 0 saturated heterocycles. The molecule has 0 radical (unpaired) electrons. The van der Waals surface area contributed by atoms with Crippen LogP contribution in [0.5, 0.6) is 0 Å². The quantitative estimate of drug-likeness (QED) is 0.545. The second-order valence-corrected chi connectivity index (χ2v) is 7.31. The molecule has 0 atom stereocenters. The smallest absolute Gasteiger partial charge is 0.336 e. The normalized spacial score (nSPS) is 11.3. The molecule has 0 spiro atoms. The van der Waals surface area contributed by atoms with E-state index in [0.29, 0.717) is 4.31 Å². The molecule has 2 N–H and O–H groups in total. The van der Waals surface area contributed by atoms with Gasteiger partial charge in [-0.1, -0.05) is 30.3 Å². The van der Waals surface area contributed by atoms with Gasteiger partial charge >= 0.3 is 5.97 Å². The summed E-state index contributed by atoms with van der Waals surface area (Å²) in [7, 11) is -3.93. The number of nitrogens with zero attached hydrogens (tertiary/aromatic N) is 2. The molecule has 0 bridgehead atoms. The van der Waals surface area contributed by atoms with Crippen molar-refractivity contribution >= 4 is 33.8 Å². The SMILES string of the molecule is CS(=O)(=O)N(CC(=O)N/N=C\c1ccccc1C(=O)O)c1ccccc1F. The van der Waals surface area contributed by atoms with E-state index >= 15 is 0 Å². The summed E-state index contributed by atoms with van der Waals surface area (Å²) in [5, 5.41) is 12.7. The fourth-order valence-corrected chi connectivity index (χ4v) is 3.04. The van der Waals surface area contributed by atoms with E-state index in [1.54, 1.807) is 6.07 Å². The molecule has 10 heteroatoms. The molecule has 0 saturated carbocycles. The van der Waals surface area contributed by atoms with Gasteiger partial charge < -0.3 is 5.11 Å². The summed E-state index contributed by atoms with van der Waals surface area (Å²) in [5.74, 6) is -2.78. The number of carboxylic acid groups (broad SMARTS) is 1. The maximum Gasteiger partial charge on any atom is 0.336 e. The predicted molar refractivity (Wildman–Crippen MR) is 97.7 cm³/mol. The summed E-state index contributed by atoms with van der Waals surface area (Å²) in [5.41, 5.74) is 2.07. The summed E-state index contributed by atoms with van der Waals surface area (Å²) in [6.07, 6.45) is 1.97. The highest BCUT2D eigenvalue weighted by atomic mass is 32.2. The summed E-state index contributed by atoms with van der Waals surface area (Å²) in [4.78, 5) is 23.1. The first-order valence-electron chi connectivity index (χ1n) is 7.56. The molecule has 2 aromatic rings. The molecule has 0 aliphatic carbocycles. The predicted octanol–water partition coefficient (Wildman–Crippen LogP) is 1.44. The summed E-state index contributed by atoms with van der Waals surface area (Å²) < 4.78 is 38.3. The van der Waals surface area contributed by atoms with Crippen LogP contribution in [0.4, 0.5) is 10.1 Å². The Morgan fingerprint density at radius 2 is 1.81 bits per heavy atom. The molecule has 0 heterocycles. The molecule has 0 aliphatic rings. The monoisotopic (exact) mass is 393 g/mol. The van der Waals surface area contributed by atoms with Crippen molar-refractivity contribution < 1.29 is 27.5 Å². The van der Waals surface area contributed by atoms with Crippen LogP contribution in [0.15, 0.2) is 53.6 Å². The molecule has 0 unspecified atom stereocenters. The van der Waals surface area contributed by atoms with E-state index in [1.807, 2.05) is 0 Å². The highest BCUT2D eigenvalue weighted by Crippen LogP contribution is 2.20. The number of hydrogen-bond donors (Lipinski definition) is 2. The minimum Gasteiger partial charge on any atom is -0.478 e. The van der Waals surface area contributed by atoms with Crippen molar-refractivity contribution in [2.45, 2.75) is 0 Å². The number of benzene rings is 2. The molecule has 0 aromatic heterocycles. The van der Waals surface area contributed by atoms with E-state index < -0.39 is 34.3 Å². The van der Waals surface area contributed by atoms with Crippen molar-refractivity contribution in [3.8, 4) is 0 Å². The zero-order valence-corrected chi connectivity index (χ0v) is 15.0. The molecule has 8 nitrogen and oxygen atoms in total. The lowest BCUT2D eigenvalue weighted by Crippen LogP contribution is -2.39. The average molecular weight is 393 g/mol. The molecule has 1 amide bonds. The van der Waals surface area contributed by atoms with Crippen LogP contribution in [0.2, 0.25) is 0 Å². The number of para-hydroxylation sites is 1. The summed E-state index contributed by atoms with van der Waals surface area (Å²) in [6, 6.07) is 11.1. The van der Waals surface area contributed by atoms with Gasteiger partial charge in [0.15, 0.2) is 0 Å². The molecule has 2 aromatic carbocycles. The van der Waals surface area contributed by atoms with Crippen molar-refractivity contribution in [1.29, 1.82) is 0 Å². The Kier molecular flexibility index (Phi) is 6.24. The number of anilines is 1. The summed E-state index contributed by atoms with van der Waals surface area (Å²) in [6.45, 7) is -0.697. The maximum atomic E-state index is 13.9. The molecular weight excluding hydrogens is 377 g/mol. The number of rotatable bonds is 7. The molecular formula is C17H16FN3O5S. The topological polar surface area (TPSA) is 116 Å². The van der Waals surface area contributed by atoms with Gasteiger partial charge in [-0.25, -0.2) is 23.0 Å². The number of halogens is 1. The van der Waals surface area contributed by atoms with Crippen LogP contribution >= 0.6 is 0 Å². The lowest BCUT2D eigenvalue weighted by atomic mass is 10.1. The van der Waals surface area contributed by atoms with Gasteiger partial charge in [0.2, 0.25) is 10.0 Å². The number of hydrazone groups is 1. The maximum absolute atomic E-state index is 13.9. The Bertz CT molecular complexity index is 992. The lowest BCUT2D eigenvalue weighted by Gasteiger charge is -2.21. The second-order valence-electron chi connectivity index (χ2n) is 5.41. The van der Waals surface area contributed by atoms with Crippen LogP contribution in [0.1, 0.15) is 15.9 Å². The second kappa shape index (κ2) is 8.41. The van der Waals surface area contributed by atoms with Crippen molar-refractivity contribution in [3.63, 3.8) is 0 Å². The van der Waals surface area contributed by atoms with Gasteiger partial charge in [0.1, 0.15) is 12.4 Å². The van der Waals surface area contributed by atoms with E-state index in [2.05, 4.69) is 10.5 Å². The number of hydrogen-bond acceptors (Lipinski definition) is 5. The molecule has 27 heavy (non-hydrogen) atoms. The molecule has 0 aliphatic heterocycles. The van der Waals surface area contributed by atoms with E-state index in [4.69, 9.17) is 5.11 Å². The lowest BCUT2D eigenvalue weighted by molar-refractivity contribution is -0.119. The van der Waals surface area contributed by atoms with Gasteiger partial charge in [-0.05, 0) is 18.2 Å². The average Bonchev–Trinajstić information content (AvgIpc) is 2.60. The number of aromatic carboxylic acids is 1. The first-order valence-corrected chi connectivity index (χ1v) is 9.41. The van der Waals surface area contributed by atoms with Crippen molar-refractivity contribution in [2.75, 3.05) is 17.1 Å². The first kappa shape index (κ1) is 20.0. The first-order chi connectivity index (χ1) is 12.7. The molecule has 2 rings (SSSR count). The highest BCUT2D eigenvalue weighted by Gasteiger charge is 2.23. The minimum absolute atomic E-state index is 0.0142. The van der Waals surface area contributed by atoms with Crippen molar-refractivity contribution in [3.05, 3.63) is 65.5 Å². The van der Waals surface area contributed by atoms with Crippen LogP contribution in [-0.4, -0.2) is 44.4 Å². The Hall–Kier alpha value is -3.27. The van der Waals surface area contributed by atoms with Gasteiger partial charge in [-0.3, -0.25) is 9.10 Å². The molecule has 142 valence electrons. The standard InChI is InChI=1S/C17H16FN3O5S/c1-27(25,26)21(15-9-5-4-8-14(15)18)11-16(22)20-19-10-12-6-2-3-7-13(12)17(23)24/h2-10H,11H2,1H3,(H,20,22)(H,23,24)/b19-10-. The Labute approximate surface area is 155 Å². The van der Waals surface area contributed by atoms with E-state index in [0.717, 1.165) is 18.5 Å². The zero-order valence-electron chi connectivity index (χ0n) is 14.2. The zero-order chi connectivity index (χ0) is 20.0. The number of nitrogens with one attached hydrogen (secondary N) is 1. The van der Waals surface area contributed by atoms with Gasteiger partial charge in [0.25, 0.3) is 5.91 Å². The van der Waals surface area contributed by atoms with Crippen LogP contribution in [0, 0.1) is 5.82 Å². The Morgan fingerprint density at radius 3 is 2.44 bits per heavy atom. The number of amides is 1. The number of carboxylic acids is 1. The largest absolute Gasteiger partial charge is 0.478 e. The van der Waals surface area contributed by atoms with E-state index in [-0.39, 0.29) is 16.8 Å². The third-order valence-corrected chi connectivity index (χ3v) is 4.52. The molecule has 0 fully saturated rings. The third kappa shape index (κ3) is 5.35. The van der Waals surface area contributed by atoms with Crippen LogP contribution in [-0.2, 0) is 14.8 Å². The Balaban J connectivity index is 2.14. The van der Waals surface area contributed by atoms with Crippen LogP contribution in [0.25, 0.3) is 0 Å². The van der Waals surface area contributed by atoms with Gasteiger partial charge in [-0.2, -0.15) is 5.10 Å². The van der Waals surface area contributed by atoms with Gasteiger partial charge in [0.05, 0.1) is 23.7 Å². The minimum atomic E-state index is -3.93. The fourth-order valence-electron chi connectivity index (χ4n) is 2.18.